The Morgan fingerprint density at radius 3 is 2.65 bits per heavy atom. The molecule has 2 unspecified atom stereocenters. The van der Waals surface area contributed by atoms with Gasteiger partial charge in [0.1, 0.15) is 11.8 Å². The molecular formula is C16H24ClN3O3. The van der Waals surface area contributed by atoms with Gasteiger partial charge in [-0.15, -0.1) is 12.4 Å². The fraction of sp³-hybridized carbons (Fsp3) is 0.500. The Hall–Kier alpha value is -1.79. The minimum Gasteiger partial charge on any atom is -0.497 e. The smallest absolute Gasteiger partial charge is 0.245 e. The van der Waals surface area contributed by atoms with E-state index in [1.54, 1.807) is 18.9 Å². The molecule has 3 N–H and O–H groups in total. The number of hydrogen-bond acceptors (Lipinski definition) is 4. The normalized spacial score (nSPS) is 18.3. The predicted molar refractivity (Wildman–Crippen MR) is 90.5 cm³/mol. The van der Waals surface area contributed by atoms with E-state index in [0.29, 0.717) is 19.5 Å². The number of ether oxygens (including phenoxy) is 1. The zero-order valence-electron chi connectivity index (χ0n) is 13.5. The summed E-state index contributed by atoms with van der Waals surface area (Å²) in [6.07, 6.45) is 0.877. The Morgan fingerprint density at radius 2 is 2.09 bits per heavy atom. The number of nitrogens with two attached hydrogens (primary N) is 1. The number of carbonyl (C=O) groups is 2. The van der Waals surface area contributed by atoms with E-state index in [1.807, 2.05) is 24.3 Å². The van der Waals surface area contributed by atoms with E-state index in [2.05, 4.69) is 5.32 Å². The van der Waals surface area contributed by atoms with E-state index < -0.39 is 6.04 Å². The highest BCUT2D eigenvalue weighted by Gasteiger charge is 2.32. The van der Waals surface area contributed by atoms with Crippen LogP contribution in [0.15, 0.2) is 24.3 Å². The minimum absolute atomic E-state index is 0. The van der Waals surface area contributed by atoms with Crippen LogP contribution in [0, 0.1) is 0 Å². The molecule has 128 valence electrons. The zero-order valence-corrected chi connectivity index (χ0v) is 14.3. The van der Waals surface area contributed by atoms with Gasteiger partial charge < -0.3 is 20.7 Å². The van der Waals surface area contributed by atoms with Crippen molar-refractivity contribution in [2.24, 2.45) is 5.73 Å². The molecule has 6 nitrogen and oxygen atoms in total. The third kappa shape index (κ3) is 5.41. The molecule has 1 heterocycles. The molecule has 0 bridgehead atoms. The van der Waals surface area contributed by atoms with Crippen molar-refractivity contribution in [2.75, 3.05) is 13.7 Å². The Labute approximate surface area is 142 Å². The van der Waals surface area contributed by atoms with Crippen molar-refractivity contribution in [1.29, 1.82) is 0 Å². The van der Waals surface area contributed by atoms with Crippen LogP contribution in [0.2, 0.25) is 0 Å². The van der Waals surface area contributed by atoms with Gasteiger partial charge in [-0.25, -0.2) is 0 Å². The van der Waals surface area contributed by atoms with Gasteiger partial charge in [0.15, 0.2) is 0 Å². The number of methoxy groups -OCH3 is 1. The van der Waals surface area contributed by atoms with Crippen LogP contribution in [0.3, 0.4) is 0 Å². The molecule has 2 rings (SSSR count). The van der Waals surface area contributed by atoms with Crippen molar-refractivity contribution >= 4 is 24.2 Å². The zero-order chi connectivity index (χ0) is 16.1. The second-order valence-corrected chi connectivity index (χ2v) is 5.70. The maximum Gasteiger partial charge on any atom is 0.245 e. The molecule has 0 radical (unpaired) electrons. The number of nitrogens with zero attached hydrogens (tertiary/aromatic N) is 1. The maximum atomic E-state index is 12.3. The second kappa shape index (κ2) is 8.74. The van der Waals surface area contributed by atoms with E-state index in [0.717, 1.165) is 11.3 Å². The van der Waals surface area contributed by atoms with Crippen molar-refractivity contribution in [1.82, 2.24) is 10.2 Å². The minimum atomic E-state index is -0.426. The molecule has 1 aromatic rings. The van der Waals surface area contributed by atoms with E-state index in [1.165, 1.54) is 0 Å². The number of nitrogens with one attached hydrogen (secondary N) is 1. The lowest BCUT2D eigenvalue weighted by molar-refractivity contribution is -0.133. The quantitative estimate of drug-likeness (QED) is 0.810. The molecule has 1 aromatic carbocycles. The molecule has 1 saturated heterocycles. The summed E-state index contributed by atoms with van der Waals surface area (Å²) in [6, 6.07) is 6.99. The summed E-state index contributed by atoms with van der Waals surface area (Å²) in [5, 5.41) is 2.76. The fourth-order valence-corrected chi connectivity index (χ4v) is 2.53. The van der Waals surface area contributed by atoms with Gasteiger partial charge in [-0.2, -0.15) is 0 Å². The third-order valence-electron chi connectivity index (χ3n) is 3.67. The average molecular weight is 342 g/mol. The van der Waals surface area contributed by atoms with E-state index in [9.17, 15) is 9.59 Å². The lowest BCUT2D eigenvalue weighted by Gasteiger charge is -2.17. The predicted octanol–water partition coefficient (Wildman–Crippen LogP) is 1.07. The number of benzene rings is 1. The van der Waals surface area contributed by atoms with Crippen LogP contribution in [0.5, 0.6) is 5.75 Å². The molecular weight excluding hydrogens is 318 g/mol. The van der Waals surface area contributed by atoms with Gasteiger partial charge >= 0.3 is 0 Å². The van der Waals surface area contributed by atoms with Gasteiger partial charge in [0.2, 0.25) is 11.8 Å². The Morgan fingerprint density at radius 1 is 1.43 bits per heavy atom. The monoisotopic (exact) mass is 341 g/mol. The van der Waals surface area contributed by atoms with Gasteiger partial charge in [0, 0.05) is 25.6 Å². The first-order valence-electron chi connectivity index (χ1n) is 7.46. The first-order valence-corrected chi connectivity index (χ1v) is 7.46. The van der Waals surface area contributed by atoms with E-state index in [-0.39, 0.29) is 36.7 Å². The summed E-state index contributed by atoms with van der Waals surface area (Å²) < 4.78 is 5.11. The topological polar surface area (TPSA) is 84.7 Å². The summed E-state index contributed by atoms with van der Waals surface area (Å²) in [7, 11) is 1.62. The molecule has 0 aliphatic carbocycles. The van der Waals surface area contributed by atoms with Gasteiger partial charge in [-0.1, -0.05) is 12.1 Å². The SMILES string of the molecule is COc1ccc(CN2CCC(NC(=O)CC(C)N)C2=O)cc1.Cl. The highest BCUT2D eigenvalue weighted by atomic mass is 35.5. The molecule has 2 amide bonds. The summed E-state index contributed by atoms with van der Waals surface area (Å²) in [5.41, 5.74) is 6.63. The fourth-order valence-electron chi connectivity index (χ4n) is 2.53. The number of carbonyl (C=O) groups excluding carboxylic acids is 2. The number of rotatable bonds is 6. The first kappa shape index (κ1) is 19.3. The van der Waals surface area contributed by atoms with Crippen LogP contribution in [0.25, 0.3) is 0 Å². The second-order valence-electron chi connectivity index (χ2n) is 5.70. The van der Waals surface area contributed by atoms with E-state index in [4.69, 9.17) is 10.5 Å². The lowest BCUT2D eigenvalue weighted by Crippen LogP contribution is -2.42. The van der Waals surface area contributed by atoms with Gasteiger partial charge in [0.25, 0.3) is 0 Å². The van der Waals surface area contributed by atoms with Crippen LogP contribution in [-0.2, 0) is 16.1 Å². The first-order chi connectivity index (χ1) is 10.5. The van der Waals surface area contributed by atoms with E-state index >= 15 is 0 Å². The Bertz CT molecular complexity index is 534. The van der Waals surface area contributed by atoms with Crippen LogP contribution in [0.4, 0.5) is 0 Å². The van der Waals surface area contributed by atoms with Gasteiger partial charge in [-0.05, 0) is 31.0 Å². The molecule has 1 aliphatic rings. The van der Waals surface area contributed by atoms with Crippen molar-refractivity contribution < 1.29 is 14.3 Å². The summed E-state index contributed by atoms with van der Waals surface area (Å²) in [4.78, 5) is 25.8. The molecule has 1 aliphatic heterocycles. The lowest BCUT2D eigenvalue weighted by atomic mass is 10.2. The number of likely N-dealkylation sites (tertiary alicyclic amines) is 1. The molecule has 7 heteroatoms. The maximum absolute atomic E-state index is 12.3. The van der Waals surface area contributed by atoms with Gasteiger partial charge in [0.05, 0.1) is 7.11 Å². The van der Waals surface area contributed by atoms with Crippen LogP contribution in [-0.4, -0.2) is 42.5 Å². The molecule has 1 fully saturated rings. The summed E-state index contributed by atoms with van der Waals surface area (Å²) >= 11 is 0. The molecule has 0 saturated carbocycles. The number of hydrogen-bond donors (Lipinski definition) is 2. The molecule has 2 atom stereocenters. The average Bonchev–Trinajstić information content (AvgIpc) is 2.80. The molecule has 0 spiro atoms. The Balaban J connectivity index is 0.00000264. The highest BCUT2D eigenvalue weighted by molar-refractivity contribution is 5.89. The number of halogens is 1. The summed E-state index contributed by atoms with van der Waals surface area (Å²) in [5.74, 6) is 0.589. The number of amides is 2. The Kier molecular flexibility index (Phi) is 7.32. The molecule has 0 aromatic heterocycles. The standard InChI is InChI=1S/C16H23N3O3.ClH/c1-11(17)9-15(20)18-14-7-8-19(16(14)21)10-12-3-5-13(22-2)6-4-12;/h3-6,11,14H,7-10,17H2,1-2H3,(H,18,20);1H. The van der Waals surface area contributed by atoms with Gasteiger partial charge in [-0.3, -0.25) is 9.59 Å². The van der Waals surface area contributed by atoms with Crippen LogP contribution >= 0.6 is 12.4 Å². The van der Waals surface area contributed by atoms with Crippen LogP contribution in [0.1, 0.15) is 25.3 Å². The third-order valence-corrected chi connectivity index (χ3v) is 3.67. The van der Waals surface area contributed by atoms with Crippen molar-refractivity contribution in [3.8, 4) is 5.75 Å². The van der Waals surface area contributed by atoms with Crippen molar-refractivity contribution in [3.05, 3.63) is 29.8 Å². The molecule has 23 heavy (non-hydrogen) atoms. The summed E-state index contributed by atoms with van der Waals surface area (Å²) in [6.45, 7) is 2.96. The van der Waals surface area contributed by atoms with Crippen molar-refractivity contribution in [3.63, 3.8) is 0 Å². The van der Waals surface area contributed by atoms with Crippen molar-refractivity contribution in [2.45, 2.75) is 38.4 Å². The largest absolute Gasteiger partial charge is 0.497 e. The highest BCUT2D eigenvalue weighted by Crippen LogP contribution is 2.17. The van der Waals surface area contributed by atoms with Crippen LogP contribution < -0.4 is 15.8 Å².